The number of ether oxygens (including phenoxy) is 1. The Bertz CT molecular complexity index is 328. The summed E-state index contributed by atoms with van der Waals surface area (Å²) in [6, 6.07) is 0. The molecule has 4 heteroatoms. The van der Waals surface area contributed by atoms with Crippen LogP contribution in [0.15, 0.2) is 12.2 Å². The molecule has 0 aliphatic rings. The number of carbonyl (C=O) groups is 1. The molecule has 0 saturated heterocycles. The number of rotatable bonds is 19. The molecular formula is C22H42O4. The predicted molar refractivity (Wildman–Crippen MR) is 108 cm³/mol. The van der Waals surface area contributed by atoms with Crippen LogP contribution in [-0.4, -0.2) is 35.5 Å². The van der Waals surface area contributed by atoms with E-state index in [1.165, 1.54) is 32.1 Å². The van der Waals surface area contributed by atoms with Gasteiger partial charge in [-0.05, 0) is 44.9 Å². The molecule has 0 radical (unpaired) electrons. The third-order valence-corrected chi connectivity index (χ3v) is 4.53. The number of allylic oxidation sites excluding steroid dienone is 1. The zero-order chi connectivity index (χ0) is 19.3. The van der Waals surface area contributed by atoms with Gasteiger partial charge >= 0.3 is 5.97 Å². The SMILES string of the molecule is CCCCCCC(O)CC=CCCCCCCCC(=O)OCCCCO. The summed E-state index contributed by atoms with van der Waals surface area (Å²) in [4.78, 5) is 11.5. The van der Waals surface area contributed by atoms with E-state index in [1.807, 2.05) is 0 Å². The van der Waals surface area contributed by atoms with Crippen LogP contribution in [-0.2, 0) is 9.53 Å². The van der Waals surface area contributed by atoms with Gasteiger partial charge in [0, 0.05) is 13.0 Å². The number of carbonyl (C=O) groups excluding carboxylic acids is 1. The summed E-state index contributed by atoms with van der Waals surface area (Å²) in [5.74, 6) is -0.112. The Labute approximate surface area is 161 Å². The first-order valence-electron chi connectivity index (χ1n) is 10.8. The van der Waals surface area contributed by atoms with E-state index in [4.69, 9.17) is 9.84 Å². The second-order valence-corrected chi connectivity index (χ2v) is 7.17. The fourth-order valence-corrected chi connectivity index (χ4v) is 2.83. The number of aliphatic hydroxyl groups is 2. The van der Waals surface area contributed by atoms with Gasteiger partial charge in [0.25, 0.3) is 0 Å². The first-order chi connectivity index (χ1) is 12.7. The molecule has 0 bridgehead atoms. The number of esters is 1. The van der Waals surface area contributed by atoms with Crippen LogP contribution >= 0.6 is 0 Å². The van der Waals surface area contributed by atoms with Crippen molar-refractivity contribution in [3.63, 3.8) is 0 Å². The molecule has 0 fully saturated rings. The van der Waals surface area contributed by atoms with Crippen molar-refractivity contribution < 1.29 is 19.7 Å². The smallest absolute Gasteiger partial charge is 0.305 e. The van der Waals surface area contributed by atoms with Gasteiger partial charge in [-0.2, -0.15) is 0 Å². The maximum absolute atomic E-state index is 11.5. The van der Waals surface area contributed by atoms with Crippen LogP contribution in [0.4, 0.5) is 0 Å². The highest BCUT2D eigenvalue weighted by Gasteiger charge is 2.02. The molecule has 0 aliphatic carbocycles. The molecular weight excluding hydrogens is 328 g/mol. The van der Waals surface area contributed by atoms with E-state index in [1.54, 1.807) is 0 Å². The van der Waals surface area contributed by atoms with E-state index in [2.05, 4.69) is 19.1 Å². The fourth-order valence-electron chi connectivity index (χ4n) is 2.83. The summed E-state index contributed by atoms with van der Waals surface area (Å²) < 4.78 is 5.09. The van der Waals surface area contributed by atoms with Crippen molar-refractivity contribution in [2.24, 2.45) is 0 Å². The predicted octanol–water partition coefficient (Wildman–Crippen LogP) is 5.31. The Hall–Kier alpha value is -0.870. The lowest BCUT2D eigenvalue weighted by Crippen LogP contribution is -2.06. The molecule has 0 saturated carbocycles. The van der Waals surface area contributed by atoms with Crippen LogP contribution in [0.2, 0.25) is 0 Å². The lowest BCUT2D eigenvalue weighted by Gasteiger charge is -2.07. The molecule has 2 N–H and O–H groups in total. The van der Waals surface area contributed by atoms with Crippen LogP contribution in [0.1, 0.15) is 103 Å². The molecule has 0 heterocycles. The van der Waals surface area contributed by atoms with E-state index < -0.39 is 0 Å². The first kappa shape index (κ1) is 25.1. The molecule has 154 valence electrons. The monoisotopic (exact) mass is 370 g/mol. The minimum absolute atomic E-state index is 0.112. The second-order valence-electron chi connectivity index (χ2n) is 7.17. The fraction of sp³-hybridized carbons (Fsp3) is 0.864. The number of hydrogen-bond donors (Lipinski definition) is 2. The van der Waals surface area contributed by atoms with Crippen molar-refractivity contribution in [1.29, 1.82) is 0 Å². The van der Waals surface area contributed by atoms with Gasteiger partial charge in [-0.25, -0.2) is 0 Å². The lowest BCUT2D eigenvalue weighted by molar-refractivity contribution is -0.143. The molecule has 0 rings (SSSR count). The molecule has 0 aromatic rings. The Balaban J connectivity index is 3.30. The molecule has 0 aromatic heterocycles. The maximum Gasteiger partial charge on any atom is 0.305 e. The van der Waals surface area contributed by atoms with Crippen LogP contribution in [0, 0.1) is 0 Å². The van der Waals surface area contributed by atoms with Crippen molar-refractivity contribution in [2.75, 3.05) is 13.2 Å². The second kappa shape index (κ2) is 20.4. The summed E-state index contributed by atoms with van der Waals surface area (Å²) in [7, 11) is 0. The minimum atomic E-state index is -0.175. The van der Waals surface area contributed by atoms with Gasteiger partial charge in [-0.15, -0.1) is 0 Å². The topological polar surface area (TPSA) is 66.8 Å². The number of unbranched alkanes of at least 4 members (excludes halogenated alkanes) is 9. The van der Waals surface area contributed by atoms with E-state index in [0.717, 1.165) is 51.4 Å². The molecule has 0 spiro atoms. The Morgan fingerprint density at radius 1 is 0.923 bits per heavy atom. The molecule has 26 heavy (non-hydrogen) atoms. The molecule has 0 aliphatic heterocycles. The summed E-state index contributed by atoms with van der Waals surface area (Å²) in [5.41, 5.74) is 0. The molecule has 0 amide bonds. The zero-order valence-electron chi connectivity index (χ0n) is 17.0. The highest BCUT2D eigenvalue weighted by atomic mass is 16.5. The van der Waals surface area contributed by atoms with Gasteiger partial charge < -0.3 is 14.9 Å². The molecule has 1 atom stereocenters. The van der Waals surface area contributed by atoms with Gasteiger partial charge in [0.15, 0.2) is 0 Å². The first-order valence-corrected chi connectivity index (χ1v) is 10.8. The largest absolute Gasteiger partial charge is 0.466 e. The van der Waals surface area contributed by atoms with E-state index in [-0.39, 0.29) is 18.7 Å². The van der Waals surface area contributed by atoms with Gasteiger partial charge in [-0.3, -0.25) is 4.79 Å². The van der Waals surface area contributed by atoms with Gasteiger partial charge in [0.1, 0.15) is 0 Å². The van der Waals surface area contributed by atoms with Crippen molar-refractivity contribution >= 4 is 5.97 Å². The molecule has 4 nitrogen and oxygen atoms in total. The third-order valence-electron chi connectivity index (χ3n) is 4.53. The van der Waals surface area contributed by atoms with Gasteiger partial charge in [0.05, 0.1) is 12.7 Å². The van der Waals surface area contributed by atoms with Gasteiger partial charge in [-0.1, -0.05) is 64.0 Å². The van der Waals surface area contributed by atoms with E-state index >= 15 is 0 Å². The van der Waals surface area contributed by atoms with Crippen LogP contribution in [0.5, 0.6) is 0 Å². The van der Waals surface area contributed by atoms with E-state index in [0.29, 0.717) is 19.4 Å². The standard InChI is InChI=1S/C22H42O4/c1-2-3-4-11-16-21(24)17-12-9-7-5-6-8-10-13-18-22(25)26-20-15-14-19-23/h9,12,21,23-24H,2-8,10-11,13-20H2,1H3. The molecule has 1 unspecified atom stereocenters. The highest BCUT2D eigenvalue weighted by Crippen LogP contribution is 2.10. The average Bonchev–Trinajstić information content (AvgIpc) is 2.64. The Morgan fingerprint density at radius 2 is 1.65 bits per heavy atom. The molecule has 0 aromatic carbocycles. The zero-order valence-corrected chi connectivity index (χ0v) is 17.0. The van der Waals surface area contributed by atoms with Gasteiger partial charge in [0.2, 0.25) is 0 Å². The van der Waals surface area contributed by atoms with Crippen LogP contribution < -0.4 is 0 Å². The summed E-state index contributed by atoms with van der Waals surface area (Å²) in [6.07, 6.45) is 19.3. The number of hydrogen-bond acceptors (Lipinski definition) is 4. The quantitative estimate of drug-likeness (QED) is 0.184. The highest BCUT2D eigenvalue weighted by molar-refractivity contribution is 5.69. The van der Waals surface area contributed by atoms with Crippen molar-refractivity contribution in [2.45, 2.75) is 109 Å². The van der Waals surface area contributed by atoms with Crippen LogP contribution in [0.3, 0.4) is 0 Å². The normalized spacial score (nSPS) is 12.6. The lowest BCUT2D eigenvalue weighted by atomic mass is 10.1. The number of aliphatic hydroxyl groups excluding tert-OH is 2. The summed E-state index contributed by atoms with van der Waals surface area (Å²) in [6.45, 7) is 2.79. The summed E-state index contributed by atoms with van der Waals surface area (Å²) in [5, 5.41) is 18.5. The third kappa shape index (κ3) is 19.5. The maximum atomic E-state index is 11.5. The van der Waals surface area contributed by atoms with Crippen molar-refractivity contribution in [1.82, 2.24) is 0 Å². The van der Waals surface area contributed by atoms with Crippen LogP contribution in [0.25, 0.3) is 0 Å². The van der Waals surface area contributed by atoms with Crippen molar-refractivity contribution in [3.05, 3.63) is 12.2 Å². The van der Waals surface area contributed by atoms with Crippen molar-refractivity contribution in [3.8, 4) is 0 Å². The minimum Gasteiger partial charge on any atom is -0.466 e. The Kier molecular flexibility index (Phi) is 19.8. The average molecular weight is 371 g/mol. The van der Waals surface area contributed by atoms with E-state index in [9.17, 15) is 9.90 Å². The Morgan fingerprint density at radius 3 is 2.42 bits per heavy atom. The summed E-state index contributed by atoms with van der Waals surface area (Å²) >= 11 is 0.